The lowest BCUT2D eigenvalue weighted by atomic mass is 9.83. The van der Waals surface area contributed by atoms with Gasteiger partial charge in [-0.2, -0.15) is 0 Å². The van der Waals surface area contributed by atoms with Gasteiger partial charge in [-0.05, 0) is 37.5 Å². The molecule has 1 heterocycles. The van der Waals surface area contributed by atoms with Gasteiger partial charge in [-0.1, -0.05) is 32.1 Å². The van der Waals surface area contributed by atoms with Gasteiger partial charge in [0.25, 0.3) is 0 Å². The molecule has 4 heteroatoms. The first kappa shape index (κ1) is 14.9. The Kier molecular flexibility index (Phi) is 4.81. The number of hydrogen-bond donors (Lipinski definition) is 1. The van der Waals surface area contributed by atoms with E-state index < -0.39 is 0 Å². The molecule has 2 amide bonds. The highest BCUT2D eigenvalue weighted by molar-refractivity contribution is 5.90. The van der Waals surface area contributed by atoms with Crippen molar-refractivity contribution in [1.29, 1.82) is 0 Å². The molecule has 0 aromatic heterocycles. The zero-order valence-corrected chi connectivity index (χ0v) is 13.0. The first-order chi connectivity index (χ1) is 10.2. The molecule has 21 heavy (non-hydrogen) atoms. The van der Waals surface area contributed by atoms with Gasteiger partial charge in [0.2, 0.25) is 11.8 Å². The van der Waals surface area contributed by atoms with Crippen molar-refractivity contribution in [3.63, 3.8) is 0 Å². The van der Waals surface area contributed by atoms with Crippen molar-refractivity contribution < 1.29 is 9.59 Å². The maximum Gasteiger partial charge on any atom is 0.245 e. The monoisotopic (exact) mass is 292 g/mol. The number of hydrogen-bond acceptors (Lipinski definition) is 2. The normalized spacial score (nSPS) is 28.4. The fourth-order valence-corrected chi connectivity index (χ4v) is 3.84. The standard InChI is InChI=1S/C17H28N2O2/c20-15-10-12-19(11-4-5-13-8-9-13)17(21)16(18-15)14-6-2-1-3-7-14/h13-14,16H,1-12H2,(H,18,20). The molecule has 0 bridgehead atoms. The second-order valence-corrected chi connectivity index (χ2v) is 7.10. The highest BCUT2D eigenvalue weighted by Crippen LogP contribution is 2.33. The van der Waals surface area contributed by atoms with E-state index in [0.717, 1.165) is 31.7 Å². The fraction of sp³-hybridized carbons (Fsp3) is 0.882. The number of nitrogens with zero attached hydrogens (tertiary/aromatic N) is 1. The molecule has 3 rings (SSSR count). The number of carbonyl (C=O) groups is 2. The molecule has 3 aliphatic rings. The Balaban J connectivity index is 1.59. The highest BCUT2D eigenvalue weighted by atomic mass is 16.2. The fourth-order valence-electron chi connectivity index (χ4n) is 3.84. The molecule has 1 N–H and O–H groups in total. The van der Waals surface area contributed by atoms with E-state index in [9.17, 15) is 9.59 Å². The third-order valence-corrected chi connectivity index (χ3v) is 5.36. The van der Waals surface area contributed by atoms with E-state index in [4.69, 9.17) is 0 Å². The van der Waals surface area contributed by atoms with Crippen LogP contribution in [0.1, 0.15) is 64.2 Å². The van der Waals surface area contributed by atoms with Crippen LogP contribution in [0.4, 0.5) is 0 Å². The van der Waals surface area contributed by atoms with Gasteiger partial charge in [0.05, 0.1) is 0 Å². The number of carbonyl (C=O) groups excluding carboxylic acids is 2. The third kappa shape index (κ3) is 3.98. The summed E-state index contributed by atoms with van der Waals surface area (Å²) in [5.74, 6) is 1.52. The van der Waals surface area contributed by atoms with Crippen LogP contribution in [0, 0.1) is 11.8 Å². The second-order valence-electron chi connectivity index (χ2n) is 7.10. The lowest BCUT2D eigenvalue weighted by Gasteiger charge is -2.31. The number of nitrogens with one attached hydrogen (secondary N) is 1. The molecular formula is C17H28N2O2. The molecule has 4 nitrogen and oxygen atoms in total. The minimum atomic E-state index is -0.249. The van der Waals surface area contributed by atoms with Gasteiger partial charge in [0.15, 0.2) is 0 Å². The smallest absolute Gasteiger partial charge is 0.245 e. The molecule has 1 atom stereocenters. The summed E-state index contributed by atoms with van der Waals surface area (Å²) in [7, 11) is 0. The maximum atomic E-state index is 12.8. The van der Waals surface area contributed by atoms with Gasteiger partial charge < -0.3 is 10.2 Å². The van der Waals surface area contributed by atoms with Crippen LogP contribution < -0.4 is 5.32 Å². The minimum Gasteiger partial charge on any atom is -0.344 e. The summed E-state index contributed by atoms with van der Waals surface area (Å²) in [6.07, 6.45) is 11.4. The first-order valence-electron chi connectivity index (χ1n) is 8.82. The Morgan fingerprint density at radius 1 is 1.05 bits per heavy atom. The molecule has 3 fully saturated rings. The van der Waals surface area contributed by atoms with E-state index in [1.54, 1.807) is 0 Å². The third-order valence-electron chi connectivity index (χ3n) is 5.36. The van der Waals surface area contributed by atoms with E-state index in [2.05, 4.69) is 5.32 Å². The average molecular weight is 292 g/mol. The van der Waals surface area contributed by atoms with E-state index in [1.807, 2.05) is 4.90 Å². The molecule has 0 radical (unpaired) electrons. The van der Waals surface area contributed by atoms with Crippen molar-refractivity contribution in [1.82, 2.24) is 10.2 Å². The summed E-state index contributed by atoms with van der Waals surface area (Å²) >= 11 is 0. The molecule has 1 aliphatic heterocycles. The van der Waals surface area contributed by atoms with Gasteiger partial charge in [0.1, 0.15) is 6.04 Å². The van der Waals surface area contributed by atoms with Crippen LogP contribution in [0.25, 0.3) is 0 Å². The van der Waals surface area contributed by atoms with E-state index in [-0.39, 0.29) is 17.9 Å². The quantitative estimate of drug-likeness (QED) is 0.846. The van der Waals surface area contributed by atoms with Crippen LogP contribution in [-0.2, 0) is 9.59 Å². The molecule has 0 aromatic rings. The van der Waals surface area contributed by atoms with Gasteiger partial charge in [0, 0.05) is 19.5 Å². The highest BCUT2D eigenvalue weighted by Gasteiger charge is 2.36. The zero-order chi connectivity index (χ0) is 14.7. The Morgan fingerprint density at radius 2 is 1.81 bits per heavy atom. The molecule has 1 unspecified atom stereocenters. The summed E-state index contributed by atoms with van der Waals surface area (Å²) in [6.45, 7) is 1.45. The molecule has 2 saturated carbocycles. The van der Waals surface area contributed by atoms with Gasteiger partial charge >= 0.3 is 0 Å². The topological polar surface area (TPSA) is 49.4 Å². The molecule has 0 spiro atoms. The predicted octanol–water partition coefficient (Wildman–Crippen LogP) is 2.47. The SMILES string of the molecule is O=C1CCN(CCCC2CC2)C(=O)C(C2CCCCC2)N1. The molecule has 2 aliphatic carbocycles. The van der Waals surface area contributed by atoms with Gasteiger partial charge in [-0.25, -0.2) is 0 Å². The summed E-state index contributed by atoms with van der Waals surface area (Å²) in [5.41, 5.74) is 0. The average Bonchev–Trinajstić information content (AvgIpc) is 3.33. The lowest BCUT2D eigenvalue weighted by molar-refractivity contribution is -0.135. The Hall–Kier alpha value is -1.06. The summed E-state index contributed by atoms with van der Waals surface area (Å²) in [6, 6.07) is -0.249. The lowest BCUT2D eigenvalue weighted by Crippen LogP contribution is -2.49. The summed E-state index contributed by atoms with van der Waals surface area (Å²) < 4.78 is 0. The van der Waals surface area contributed by atoms with Crippen molar-refractivity contribution in [2.45, 2.75) is 70.3 Å². The summed E-state index contributed by atoms with van der Waals surface area (Å²) in [5, 5.41) is 3.01. The zero-order valence-electron chi connectivity index (χ0n) is 13.0. The van der Waals surface area contributed by atoms with Crippen molar-refractivity contribution in [3.8, 4) is 0 Å². The predicted molar refractivity (Wildman–Crippen MR) is 81.7 cm³/mol. The van der Waals surface area contributed by atoms with Crippen molar-refractivity contribution in [3.05, 3.63) is 0 Å². The molecule has 0 aromatic carbocycles. The molecule has 1 saturated heterocycles. The van der Waals surface area contributed by atoms with Crippen molar-refractivity contribution >= 4 is 11.8 Å². The first-order valence-corrected chi connectivity index (χ1v) is 8.82. The second kappa shape index (κ2) is 6.80. The van der Waals surface area contributed by atoms with Crippen LogP contribution in [-0.4, -0.2) is 35.8 Å². The van der Waals surface area contributed by atoms with Crippen molar-refractivity contribution in [2.24, 2.45) is 11.8 Å². The van der Waals surface area contributed by atoms with Crippen LogP contribution in [0.2, 0.25) is 0 Å². The van der Waals surface area contributed by atoms with Crippen LogP contribution in [0.15, 0.2) is 0 Å². The van der Waals surface area contributed by atoms with Crippen molar-refractivity contribution in [2.75, 3.05) is 13.1 Å². The Morgan fingerprint density at radius 3 is 2.52 bits per heavy atom. The Labute approximate surface area is 127 Å². The van der Waals surface area contributed by atoms with E-state index >= 15 is 0 Å². The summed E-state index contributed by atoms with van der Waals surface area (Å²) in [4.78, 5) is 26.7. The maximum absolute atomic E-state index is 12.8. The van der Waals surface area contributed by atoms with E-state index in [1.165, 1.54) is 38.5 Å². The van der Waals surface area contributed by atoms with Crippen LogP contribution in [0.3, 0.4) is 0 Å². The van der Waals surface area contributed by atoms with Gasteiger partial charge in [-0.3, -0.25) is 9.59 Å². The molecule has 118 valence electrons. The largest absolute Gasteiger partial charge is 0.344 e. The number of amides is 2. The van der Waals surface area contributed by atoms with Gasteiger partial charge in [-0.15, -0.1) is 0 Å². The number of rotatable bonds is 5. The molecular weight excluding hydrogens is 264 g/mol. The van der Waals surface area contributed by atoms with Crippen LogP contribution in [0.5, 0.6) is 0 Å². The van der Waals surface area contributed by atoms with Crippen LogP contribution >= 0.6 is 0 Å². The minimum absolute atomic E-state index is 0.0589. The Bertz CT molecular complexity index is 386. The van der Waals surface area contributed by atoms with E-state index in [0.29, 0.717) is 18.9 Å².